The summed E-state index contributed by atoms with van der Waals surface area (Å²) in [6, 6.07) is 0. The molecule has 0 aromatic carbocycles. The molecule has 24 heavy (non-hydrogen) atoms. The quantitative estimate of drug-likeness (QED) is 0.761. The zero-order chi connectivity index (χ0) is 18.5. The van der Waals surface area contributed by atoms with E-state index in [-0.39, 0.29) is 5.78 Å². The number of ether oxygens (including phenoxy) is 2. The first-order valence-corrected chi connectivity index (χ1v) is 8.10. The molecular weight excluding hydrogens is 314 g/mol. The summed E-state index contributed by atoms with van der Waals surface area (Å²) in [6.07, 6.45) is -1.35. The third-order valence-electron chi connectivity index (χ3n) is 3.03. The largest absolute Gasteiger partial charge is 0.444 e. The lowest BCUT2D eigenvalue weighted by Crippen LogP contribution is -2.60. The standard InChI is InChI=1S/C16H29N3O5/c1-15(2,3)23-13(21)17-12(18-14(22)24-16(4,5)6)19-9-7-11(20)8-10-19/h12H,7-10H2,1-6H3,(H,17,21)(H,18,22). The Morgan fingerprint density at radius 1 is 0.917 bits per heavy atom. The van der Waals surface area contributed by atoms with Gasteiger partial charge < -0.3 is 9.47 Å². The number of hydrogen-bond donors (Lipinski definition) is 2. The molecule has 138 valence electrons. The summed E-state index contributed by atoms with van der Waals surface area (Å²) in [5.41, 5.74) is -1.31. The van der Waals surface area contributed by atoms with E-state index in [1.165, 1.54) is 0 Å². The smallest absolute Gasteiger partial charge is 0.410 e. The molecule has 0 atom stereocenters. The fourth-order valence-corrected chi connectivity index (χ4v) is 2.09. The Hall–Kier alpha value is -1.83. The van der Waals surface area contributed by atoms with Crippen molar-refractivity contribution in [3.05, 3.63) is 0 Å². The van der Waals surface area contributed by atoms with Crippen LogP contribution in [-0.4, -0.2) is 53.5 Å². The highest BCUT2D eigenvalue weighted by Crippen LogP contribution is 2.11. The van der Waals surface area contributed by atoms with Crippen molar-refractivity contribution in [3.63, 3.8) is 0 Å². The first-order chi connectivity index (χ1) is 10.9. The fraction of sp³-hybridized carbons (Fsp3) is 0.812. The van der Waals surface area contributed by atoms with Gasteiger partial charge in [-0.25, -0.2) is 9.59 Å². The molecule has 1 fully saturated rings. The monoisotopic (exact) mass is 343 g/mol. The average Bonchev–Trinajstić information content (AvgIpc) is 2.34. The second-order valence-electron chi connectivity index (χ2n) is 7.77. The summed E-state index contributed by atoms with van der Waals surface area (Å²) in [5.74, 6) is 0.166. The van der Waals surface area contributed by atoms with Crippen molar-refractivity contribution in [2.45, 2.75) is 71.9 Å². The number of Topliss-reactive ketones (excluding diaryl/α,β-unsaturated/α-hetero) is 1. The van der Waals surface area contributed by atoms with Crippen molar-refractivity contribution in [1.82, 2.24) is 15.5 Å². The number of likely N-dealkylation sites (tertiary alicyclic amines) is 1. The molecule has 2 N–H and O–H groups in total. The normalized spacial score (nSPS) is 16.7. The molecule has 8 heteroatoms. The lowest BCUT2D eigenvalue weighted by Gasteiger charge is -2.35. The molecule has 1 saturated heterocycles. The van der Waals surface area contributed by atoms with Gasteiger partial charge in [0.15, 0.2) is 6.29 Å². The number of carbonyl (C=O) groups is 3. The third kappa shape index (κ3) is 8.14. The molecule has 1 aliphatic rings. The van der Waals surface area contributed by atoms with Crippen molar-refractivity contribution in [3.8, 4) is 0 Å². The molecule has 1 heterocycles. The number of amides is 2. The highest BCUT2D eigenvalue weighted by Gasteiger charge is 2.29. The van der Waals surface area contributed by atoms with Gasteiger partial charge in [0, 0.05) is 25.9 Å². The molecule has 1 aliphatic heterocycles. The van der Waals surface area contributed by atoms with Crippen molar-refractivity contribution in [1.29, 1.82) is 0 Å². The molecule has 0 bridgehead atoms. The number of nitrogens with zero attached hydrogens (tertiary/aromatic N) is 1. The van der Waals surface area contributed by atoms with Crippen LogP contribution in [-0.2, 0) is 14.3 Å². The van der Waals surface area contributed by atoms with Gasteiger partial charge in [0.2, 0.25) is 0 Å². The van der Waals surface area contributed by atoms with Crippen LogP contribution in [0.4, 0.5) is 9.59 Å². The molecule has 0 aromatic rings. The molecule has 1 rings (SSSR count). The van der Waals surface area contributed by atoms with Crippen molar-refractivity contribution in [2.75, 3.05) is 13.1 Å². The van der Waals surface area contributed by atoms with Gasteiger partial charge in [0.25, 0.3) is 0 Å². The van der Waals surface area contributed by atoms with Crippen molar-refractivity contribution < 1.29 is 23.9 Å². The molecule has 0 unspecified atom stereocenters. The average molecular weight is 343 g/mol. The van der Waals surface area contributed by atoms with E-state index < -0.39 is 29.7 Å². The first-order valence-electron chi connectivity index (χ1n) is 8.10. The Bertz CT molecular complexity index is 439. The maximum absolute atomic E-state index is 12.0. The van der Waals surface area contributed by atoms with E-state index in [9.17, 15) is 14.4 Å². The van der Waals surface area contributed by atoms with Gasteiger partial charge in [0.1, 0.15) is 17.0 Å². The maximum Gasteiger partial charge on any atom is 0.410 e. The van der Waals surface area contributed by atoms with Crippen LogP contribution < -0.4 is 10.6 Å². The first kappa shape index (κ1) is 20.2. The van der Waals surface area contributed by atoms with E-state index in [1.54, 1.807) is 46.4 Å². The van der Waals surface area contributed by atoms with Crippen LogP contribution in [0.15, 0.2) is 0 Å². The maximum atomic E-state index is 12.0. The number of piperidine rings is 1. The summed E-state index contributed by atoms with van der Waals surface area (Å²) in [5, 5.41) is 5.23. The summed E-state index contributed by atoms with van der Waals surface area (Å²) < 4.78 is 10.5. The Balaban J connectivity index is 2.73. The van der Waals surface area contributed by atoms with Gasteiger partial charge in [-0.3, -0.25) is 20.3 Å². The lowest BCUT2D eigenvalue weighted by molar-refractivity contribution is -0.122. The minimum Gasteiger partial charge on any atom is -0.444 e. The van der Waals surface area contributed by atoms with Crippen LogP contribution in [0, 0.1) is 0 Å². The molecular formula is C16H29N3O5. The number of alkyl carbamates (subject to hydrolysis) is 2. The van der Waals surface area contributed by atoms with Gasteiger partial charge in [0.05, 0.1) is 0 Å². The van der Waals surface area contributed by atoms with Crippen molar-refractivity contribution >= 4 is 18.0 Å². The highest BCUT2D eigenvalue weighted by molar-refractivity contribution is 5.79. The predicted octanol–water partition coefficient (Wildman–Crippen LogP) is 1.98. The second-order valence-corrected chi connectivity index (χ2v) is 7.77. The topological polar surface area (TPSA) is 97.0 Å². The van der Waals surface area contributed by atoms with Crippen LogP contribution in [0.2, 0.25) is 0 Å². The van der Waals surface area contributed by atoms with E-state index in [2.05, 4.69) is 10.6 Å². The molecule has 0 saturated carbocycles. The van der Waals surface area contributed by atoms with Gasteiger partial charge >= 0.3 is 12.2 Å². The highest BCUT2D eigenvalue weighted by atomic mass is 16.6. The number of ketones is 1. The number of nitrogens with one attached hydrogen (secondary N) is 2. The van der Waals surface area contributed by atoms with Gasteiger partial charge in [-0.05, 0) is 41.5 Å². The molecule has 0 aliphatic carbocycles. The Morgan fingerprint density at radius 3 is 1.62 bits per heavy atom. The molecule has 0 radical (unpaired) electrons. The third-order valence-corrected chi connectivity index (χ3v) is 3.03. The summed E-state index contributed by atoms with van der Waals surface area (Å²) in [6.45, 7) is 11.4. The van der Waals surface area contributed by atoms with Crippen LogP contribution in [0.3, 0.4) is 0 Å². The van der Waals surface area contributed by atoms with E-state index >= 15 is 0 Å². The zero-order valence-electron chi connectivity index (χ0n) is 15.4. The van der Waals surface area contributed by atoms with Crippen LogP contribution in [0.5, 0.6) is 0 Å². The Labute approximate surface area is 143 Å². The summed E-state index contributed by atoms with van der Waals surface area (Å²) in [4.78, 5) is 37.2. The minimum absolute atomic E-state index is 0.166. The zero-order valence-corrected chi connectivity index (χ0v) is 15.4. The van der Waals surface area contributed by atoms with Gasteiger partial charge in [-0.2, -0.15) is 0 Å². The molecule has 0 aromatic heterocycles. The van der Waals surface area contributed by atoms with E-state index in [4.69, 9.17) is 9.47 Å². The van der Waals surface area contributed by atoms with E-state index in [1.807, 2.05) is 0 Å². The van der Waals surface area contributed by atoms with E-state index in [0.717, 1.165) is 0 Å². The number of rotatable bonds is 3. The lowest BCUT2D eigenvalue weighted by atomic mass is 10.1. The summed E-state index contributed by atoms with van der Waals surface area (Å²) >= 11 is 0. The summed E-state index contributed by atoms with van der Waals surface area (Å²) in [7, 11) is 0. The molecule has 8 nitrogen and oxygen atoms in total. The SMILES string of the molecule is CC(C)(C)OC(=O)NC(NC(=O)OC(C)(C)C)N1CCC(=O)CC1. The van der Waals surface area contributed by atoms with Gasteiger partial charge in [-0.15, -0.1) is 0 Å². The van der Waals surface area contributed by atoms with Gasteiger partial charge in [-0.1, -0.05) is 0 Å². The number of hydrogen-bond acceptors (Lipinski definition) is 6. The fourth-order valence-electron chi connectivity index (χ4n) is 2.09. The molecule has 2 amide bonds. The Kier molecular flexibility index (Phi) is 6.59. The van der Waals surface area contributed by atoms with Crippen LogP contribution in [0.1, 0.15) is 54.4 Å². The van der Waals surface area contributed by atoms with Crippen LogP contribution in [0.25, 0.3) is 0 Å². The molecule has 0 spiro atoms. The van der Waals surface area contributed by atoms with Crippen LogP contribution >= 0.6 is 0 Å². The van der Waals surface area contributed by atoms with Crippen molar-refractivity contribution in [2.24, 2.45) is 0 Å². The minimum atomic E-state index is -0.803. The Morgan fingerprint density at radius 2 is 1.29 bits per heavy atom. The second kappa shape index (κ2) is 7.83. The number of carbonyl (C=O) groups excluding carboxylic acids is 3. The predicted molar refractivity (Wildman–Crippen MR) is 88.3 cm³/mol. The van der Waals surface area contributed by atoms with E-state index in [0.29, 0.717) is 25.9 Å².